The Morgan fingerprint density at radius 2 is 1.83 bits per heavy atom. The van der Waals surface area contributed by atoms with Crippen molar-refractivity contribution < 1.29 is 22.5 Å². The molecule has 7 heteroatoms. The summed E-state index contributed by atoms with van der Waals surface area (Å²) in [4.78, 5) is 11.7. The third-order valence-corrected chi connectivity index (χ3v) is 3.96. The molecule has 1 atom stereocenters. The van der Waals surface area contributed by atoms with Crippen LogP contribution in [-0.2, 0) is 16.0 Å². The average molecular weight is 277 g/mol. The maximum atomic E-state index is 12.2. The molecule has 0 spiro atoms. The van der Waals surface area contributed by atoms with Crippen LogP contribution in [0, 0.1) is 0 Å². The molecule has 0 saturated carbocycles. The van der Waals surface area contributed by atoms with E-state index in [0.29, 0.717) is 13.1 Å². The van der Waals surface area contributed by atoms with Crippen LogP contribution in [0.3, 0.4) is 0 Å². The van der Waals surface area contributed by atoms with E-state index in [2.05, 4.69) is 0 Å². The molecule has 1 heterocycles. The van der Waals surface area contributed by atoms with Gasteiger partial charge in [-0.2, -0.15) is 0 Å². The Bertz CT molecular complexity index is 429. The first-order valence-corrected chi connectivity index (χ1v) is 6.34. The van der Waals surface area contributed by atoms with Gasteiger partial charge in [-0.05, 0) is 17.7 Å². The Morgan fingerprint density at radius 1 is 1.28 bits per heavy atom. The number of likely N-dealkylation sites (tertiary alicyclic amines) is 1. The van der Waals surface area contributed by atoms with Gasteiger partial charge in [0.2, 0.25) is 6.41 Å². The van der Waals surface area contributed by atoms with E-state index in [0.717, 1.165) is 12.0 Å². The van der Waals surface area contributed by atoms with Gasteiger partial charge in [-0.15, -0.1) is 13.2 Å². The number of hydrogen-bond acceptors (Lipinski definition) is 2. The van der Waals surface area contributed by atoms with Crippen molar-refractivity contribution in [1.29, 1.82) is 0 Å². The molecule has 98 valence electrons. The molecule has 3 nitrogen and oxygen atoms in total. The molecule has 1 amide bonds. The molecule has 1 aromatic rings. The van der Waals surface area contributed by atoms with Crippen LogP contribution in [0.1, 0.15) is 11.5 Å². The predicted molar refractivity (Wildman–Crippen MR) is 59.3 cm³/mol. The number of carbonyl (C=O) groups excluding carboxylic acids is 1. The molecule has 1 saturated heterocycles. The van der Waals surface area contributed by atoms with Gasteiger partial charge in [0.1, 0.15) is 0 Å². The smallest absolute Gasteiger partial charge is 0.578 e. The van der Waals surface area contributed by atoms with E-state index in [1.807, 2.05) is 0 Å². The lowest BCUT2D eigenvalue weighted by atomic mass is 9.92. The summed E-state index contributed by atoms with van der Waals surface area (Å²) in [5.41, 5.74) is -3.87. The van der Waals surface area contributed by atoms with Crippen molar-refractivity contribution in [3.63, 3.8) is 0 Å². The molecule has 1 aromatic carbocycles. The number of carbonyl (C=O) groups is 1. The van der Waals surface area contributed by atoms with Gasteiger partial charge in [0, 0.05) is 19.0 Å². The Kier molecular flexibility index (Phi) is 3.54. The summed E-state index contributed by atoms with van der Waals surface area (Å²) in [5.74, 6) is 0.156. The molecule has 2 rings (SSSR count). The zero-order chi connectivity index (χ0) is 13.3. The number of nitrogens with zero attached hydrogens (tertiary/aromatic N) is 1. The first-order valence-electron chi connectivity index (χ1n) is 5.19. The molecular formula is C11H10F3NO2S. The van der Waals surface area contributed by atoms with Crippen molar-refractivity contribution >= 4 is 17.6 Å². The lowest BCUT2D eigenvalue weighted by Crippen LogP contribution is -2.43. The maximum Gasteiger partial charge on any atom is 0.578 e. The first-order chi connectivity index (χ1) is 8.41. The number of rotatable bonds is 3. The normalized spacial score (nSPS) is 18.3. The van der Waals surface area contributed by atoms with Crippen LogP contribution < -0.4 is 0 Å². The van der Waals surface area contributed by atoms with Crippen LogP contribution >= 0.6 is 0 Å². The summed E-state index contributed by atoms with van der Waals surface area (Å²) in [6.07, 6.45) is 0.740. The van der Waals surface area contributed by atoms with E-state index in [1.54, 1.807) is 4.90 Å². The van der Waals surface area contributed by atoms with Crippen LogP contribution in [0.25, 0.3) is 0 Å². The molecule has 1 aliphatic heterocycles. The topological polar surface area (TPSA) is 43.4 Å². The summed E-state index contributed by atoms with van der Waals surface area (Å²) in [5, 5.41) is 0. The first kappa shape index (κ1) is 13.2. The summed E-state index contributed by atoms with van der Waals surface area (Å²) in [7, 11) is 0. The largest absolute Gasteiger partial charge is 0.604 e. The second kappa shape index (κ2) is 4.81. The van der Waals surface area contributed by atoms with Crippen LogP contribution in [0.2, 0.25) is 0 Å². The number of halogens is 3. The van der Waals surface area contributed by atoms with Crippen molar-refractivity contribution in [2.24, 2.45) is 0 Å². The van der Waals surface area contributed by atoms with Crippen LogP contribution in [-0.4, -0.2) is 34.5 Å². The highest BCUT2D eigenvalue weighted by Gasteiger charge is 2.46. The highest BCUT2D eigenvalue weighted by atomic mass is 32.2. The van der Waals surface area contributed by atoms with Crippen molar-refractivity contribution in [3.8, 4) is 0 Å². The lowest BCUT2D eigenvalue weighted by molar-refractivity contribution is -0.122. The third-order valence-electron chi connectivity index (χ3n) is 2.83. The minimum Gasteiger partial charge on any atom is -0.604 e. The summed E-state index contributed by atoms with van der Waals surface area (Å²) in [6, 6.07) is 5.52. The van der Waals surface area contributed by atoms with Crippen LogP contribution in [0.5, 0.6) is 0 Å². The SMILES string of the molecule is O=CN1CC(c2ccc([S+]([O-])C(F)(F)F)cc2)C1. The molecule has 1 unspecified atom stereocenters. The van der Waals surface area contributed by atoms with Gasteiger partial charge < -0.3 is 9.45 Å². The second-order valence-electron chi connectivity index (χ2n) is 4.04. The Balaban J connectivity index is 2.05. The van der Waals surface area contributed by atoms with E-state index < -0.39 is 16.7 Å². The molecular weight excluding hydrogens is 267 g/mol. The van der Waals surface area contributed by atoms with Gasteiger partial charge in [0.25, 0.3) is 0 Å². The zero-order valence-electron chi connectivity index (χ0n) is 9.18. The second-order valence-corrected chi connectivity index (χ2v) is 5.51. The summed E-state index contributed by atoms with van der Waals surface area (Å²) in [6.45, 7) is 1.15. The quantitative estimate of drug-likeness (QED) is 0.625. The number of alkyl halides is 3. The van der Waals surface area contributed by atoms with E-state index in [-0.39, 0.29) is 10.8 Å². The minimum absolute atomic E-state index is 0.156. The Labute approximate surface area is 105 Å². The molecule has 1 fully saturated rings. The number of hydrogen-bond donors (Lipinski definition) is 0. The molecule has 1 aliphatic rings. The van der Waals surface area contributed by atoms with Crippen molar-refractivity contribution in [3.05, 3.63) is 29.8 Å². The molecule has 0 bridgehead atoms. The minimum atomic E-state index is -4.73. The number of benzene rings is 1. The van der Waals surface area contributed by atoms with Crippen LogP contribution in [0.4, 0.5) is 13.2 Å². The molecule has 0 aromatic heterocycles. The van der Waals surface area contributed by atoms with Crippen molar-refractivity contribution in [2.75, 3.05) is 13.1 Å². The standard InChI is InChI=1S/C11H10F3NO2S/c12-11(13,14)18(17)10-3-1-8(2-4-10)9-5-15(6-9)7-16/h1-4,7,9H,5-6H2. The van der Waals surface area contributed by atoms with Gasteiger partial charge in [-0.1, -0.05) is 12.1 Å². The highest BCUT2D eigenvalue weighted by Crippen LogP contribution is 2.32. The van der Waals surface area contributed by atoms with E-state index in [9.17, 15) is 22.5 Å². The molecule has 0 radical (unpaired) electrons. The fraction of sp³-hybridized carbons (Fsp3) is 0.364. The molecule has 0 aliphatic carbocycles. The Morgan fingerprint density at radius 3 is 2.28 bits per heavy atom. The predicted octanol–water partition coefficient (Wildman–Crippen LogP) is 1.87. The average Bonchev–Trinajstić information content (AvgIpc) is 2.26. The molecule has 0 N–H and O–H groups in total. The van der Waals surface area contributed by atoms with E-state index in [4.69, 9.17) is 0 Å². The van der Waals surface area contributed by atoms with Crippen LogP contribution in [0.15, 0.2) is 29.2 Å². The van der Waals surface area contributed by atoms with Gasteiger partial charge in [-0.25, -0.2) is 0 Å². The molecule has 18 heavy (non-hydrogen) atoms. The lowest BCUT2D eigenvalue weighted by Gasteiger charge is -2.36. The fourth-order valence-electron chi connectivity index (χ4n) is 1.81. The monoisotopic (exact) mass is 277 g/mol. The van der Waals surface area contributed by atoms with Gasteiger partial charge in [-0.3, -0.25) is 4.79 Å². The zero-order valence-corrected chi connectivity index (χ0v) is 10.0. The maximum absolute atomic E-state index is 12.2. The van der Waals surface area contributed by atoms with Gasteiger partial charge >= 0.3 is 5.51 Å². The Hall–Kier alpha value is -1.21. The third kappa shape index (κ3) is 2.62. The summed E-state index contributed by atoms with van der Waals surface area (Å²) < 4.78 is 47.7. The van der Waals surface area contributed by atoms with E-state index >= 15 is 0 Å². The van der Waals surface area contributed by atoms with Crippen molar-refractivity contribution in [2.45, 2.75) is 16.3 Å². The van der Waals surface area contributed by atoms with E-state index in [1.165, 1.54) is 24.3 Å². The van der Waals surface area contributed by atoms with Gasteiger partial charge in [0.15, 0.2) is 4.90 Å². The number of amides is 1. The van der Waals surface area contributed by atoms with Crippen molar-refractivity contribution in [1.82, 2.24) is 4.90 Å². The summed E-state index contributed by atoms with van der Waals surface area (Å²) >= 11 is -2.98. The fourth-order valence-corrected chi connectivity index (χ4v) is 2.46. The highest BCUT2D eigenvalue weighted by molar-refractivity contribution is 7.92. The van der Waals surface area contributed by atoms with Gasteiger partial charge in [0.05, 0.1) is 11.2 Å².